The molecule has 1 aromatic rings. The lowest BCUT2D eigenvalue weighted by molar-refractivity contribution is 0.587. The van der Waals surface area contributed by atoms with E-state index in [-0.39, 0.29) is 5.41 Å². The van der Waals surface area contributed by atoms with Crippen LogP contribution in [0.15, 0.2) is 18.3 Å². The van der Waals surface area contributed by atoms with Gasteiger partial charge in [-0.2, -0.15) is 0 Å². The van der Waals surface area contributed by atoms with E-state index >= 15 is 0 Å². The summed E-state index contributed by atoms with van der Waals surface area (Å²) in [5, 5.41) is 0. The van der Waals surface area contributed by atoms with Crippen LogP contribution in [0.25, 0.3) is 0 Å². The highest BCUT2D eigenvalue weighted by Gasteiger charge is 2.20. The van der Waals surface area contributed by atoms with E-state index in [4.69, 9.17) is 0 Å². The first-order valence-electron chi connectivity index (χ1n) is 6.18. The maximum absolute atomic E-state index is 4.59. The molecule has 0 radical (unpaired) electrons. The molecule has 0 aliphatic carbocycles. The number of anilines is 1. The summed E-state index contributed by atoms with van der Waals surface area (Å²) in [5.74, 6) is 1.95. The molecule has 1 aromatic heterocycles. The highest BCUT2D eigenvalue weighted by molar-refractivity contribution is 5.41. The Hall–Kier alpha value is -1.05. The van der Waals surface area contributed by atoms with Crippen LogP contribution < -0.4 is 4.90 Å². The second-order valence-electron chi connectivity index (χ2n) is 5.99. The predicted octanol–water partition coefficient (Wildman–Crippen LogP) is 3.23. The Balaban J connectivity index is 2.14. The lowest BCUT2D eigenvalue weighted by atomic mass is 9.88. The third kappa shape index (κ3) is 2.37. The summed E-state index contributed by atoms with van der Waals surface area (Å²) in [7, 11) is 0. The van der Waals surface area contributed by atoms with E-state index in [2.05, 4.69) is 49.7 Å². The van der Waals surface area contributed by atoms with Crippen molar-refractivity contribution in [1.82, 2.24) is 4.98 Å². The molecule has 1 aliphatic heterocycles. The van der Waals surface area contributed by atoms with Gasteiger partial charge in [0.2, 0.25) is 0 Å². The number of aromatic nitrogens is 1. The molecular formula is C14H22N2. The van der Waals surface area contributed by atoms with E-state index in [0.717, 1.165) is 24.8 Å². The van der Waals surface area contributed by atoms with Gasteiger partial charge in [-0.15, -0.1) is 0 Å². The maximum atomic E-state index is 4.59. The van der Waals surface area contributed by atoms with Crippen molar-refractivity contribution in [3.05, 3.63) is 23.9 Å². The van der Waals surface area contributed by atoms with Gasteiger partial charge in [0.25, 0.3) is 0 Å². The second kappa shape index (κ2) is 4.08. The predicted molar refractivity (Wildman–Crippen MR) is 68.9 cm³/mol. The first-order valence-corrected chi connectivity index (χ1v) is 6.18. The Morgan fingerprint density at radius 3 is 2.50 bits per heavy atom. The third-order valence-electron chi connectivity index (χ3n) is 3.36. The van der Waals surface area contributed by atoms with Gasteiger partial charge in [-0.1, -0.05) is 33.8 Å². The van der Waals surface area contributed by atoms with Crippen molar-refractivity contribution in [2.45, 2.75) is 39.5 Å². The van der Waals surface area contributed by atoms with E-state index in [9.17, 15) is 0 Å². The topological polar surface area (TPSA) is 16.1 Å². The van der Waals surface area contributed by atoms with E-state index in [0.29, 0.717) is 0 Å². The second-order valence-corrected chi connectivity index (χ2v) is 5.99. The number of hydrogen-bond acceptors (Lipinski definition) is 2. The summed E-state index contributed by atoms with van der Waals surface area (Å²) in [6, 6.07) is 4.38. The van der Waals surface area contributed by atoms with Crippen molar-refractivity contribution < 1.29 is 0 Å². The summed E-state index contributed by atoms with van der Waals surface area (Å²) in [5.41, 5.74) is 1.51. The summed E-state index contributed by atoms with van der Waals surface area (Å²) < 4.78 is 0. The average Bonchev–Trinajstić information content (AvgIpc) is 2.64. The maximum Gasteiger partial charge on any atom is 0.128 e. The van der Waals surface area contributed by atoms with Gasteiger partial charge in [-0.25, -0.2) is 4.98 Å². The normalized spacial score (nSPS) is 21.5. The van der Waals surface area contributed by atoms with Crippen LogP contribution in [0.1, 0.15) is 39.7 Å². The van der Waals surface area contributed by atoms with E-state index in [1.165, 1.54) is 12.0 Å². The average molecular weight is 218 g/mol. The molecule has 0 saturated carbocycles. The molecule has 1 fully saturated rings. The Kier molecular flexibility index (Phi) is 2.92. The minimum absolute atomic E-state index is 0.198. The fraction of sp³-hybridized carbons (Fsp3) is 0.643. The lowest BCUT2D eigenvalue weighted by Crippen LogP contribution is -2.21. The Morgan fingerprint density at radius 1 is 1.31 bits per heavy atom. The standard InChI is InChI=1S/C14H22N2/c1-11-7-8-16(10-11)13-6-5-12(9-15-13)14(2,3)4/h5-6,9,11H,7-8,10H2,1-4H3. The molecule has 0 spiro atoms. The summed E-state index contributed by atoms with van der Waals surface area (Å²) in [6.45, 7) is 11.3. The molecule has 1 atom stereocenters. The van der Waals surface area contributed by atoms with Crippen LogP contribution in [0.3, 0.4) is 0 Å². The summed E-state index contributed by atoms with van der Waals surface area (Å²) >= 11 is 0. The third-order valence-corrected chi connectivity index (χ3v) is 3.36. The van der Waals surface area contributed by atoms with Crippen molar-refractivity contribution >= 4 is 5.82 Å². The fourth-order valence-corrected chi connectivity index (χ4v) is 2.16. The molecule has 1 saturated heterocycles. The first kappa shape index (κ1) is 11.4. The molecule has 1 aliphatic rings. The summed E-state index contributed by atoms with van der Waals surface area (Å²) in [4.78, 5) is 6.97. The minimum Gasteiger partial charge on any atom is -0.356 e. The van der Waals surface area contributed by atoms with Crippen LogP contribution in [0.2, 0.25) is 0 Å². The van der Waals surface area contributed by atoms with Gasteiger partial charge < -0.3 is 4.90 Å². The van der Waals surface area contributed by atoms with Gasteiger partial charge in [0, 0.05) is 19.3 Å². The Morgan fingerprint density at radius 2 is 2.06 bits per heavy atom. The van der Waals surface area contributed by atoms with E-state index in [1.54, 1.807) is 0 Å². The van der Waals surface area contributed by atoms with Gasteiger partial charge >= 0.3 is 0 Å². The Bertz CT molecular complexity index is 348. The number of pyridine rings is 1. The lowest BCUT2D eigenvalue weighted by Gasteiger charge is -2.21. The molecule has 1 unspecified atom stereocenters. The number of hydrogen-bond donors (Lipinski definition) is 0. The van der Waals surface area contributed by atoms with E-state index < -0.39 is 0 Å². The molecule has 0 amide bonds. The molecule has 2 rings (SSSR count). The zero-order chi connectivity index (χ0) is 11.8. The van der Waals surface area contributed by atoms with Crippen LogP contribution in [0.5, 0.6) is 0 Å². The highest BCUT2D eigenvalue weighted by atomic mass is 15.2. The molecule has 2 nitrogen and oxygen atoms in total. The largest absolute Gasteiger partial charge is 0.356 e. The molecule has 2 heterocycles. The van der Waals surface area contributed by atoms with Gasteiger partial charge in [0.15, 0.2) is 0 Å². The van der Waals surface area contributed by atoms with Crippen LogP contribution in [-0.4, -0.2) is 18.1 Å². The molecule has 0 aromatic carbocycles. The molecule has 2 heteroatoms. The Labute approximate surface area is 98.7 Å². The van der Waals surface area contributed by atoms with Crippen molar-refractivity contribution in [1.29, 1.82) is 0 Å². The number of nitrogens with zero attached hydrogens (tertiary/aromatic N) is 2. The first-order chi connectivity index (χ1) is 7.47. The monoisotopic (exact) mass is 218 g/mol. The molecule has 88 valence electrons. The van der Waals surface area contributed by atoms with Gasteiger partial charge in [-0.3, -0.25) is 0 Å². The molecular weight excluding hydrogens is 196 g/mol. The van der Waals surface area contributed by atoms with E-state index in [1.807, 2.05) is 6.20 Å². The molecule has 0 bridgehead atoms. The SMILES string of the molecule is CC1CCN(c2ccc(C(C)(C)C)cn2)C1. The van der Waals surface area contributed by atoms with Crippen molar-refractivity contribution in [2.24, 2.45) is 5.92 Å². The van der Waals surface area contributed by atoms with Crippen LogP contribution in [-0.2, 0) is 5.41 Å². The quantitative estimate of drug-likeness (QED) is 0.719. The van der Waals surface area contributed by atoms with Crippen LogP contribution >= 0.6 is 0 Å². The highest BCUT2D eigenvalue weighted by Crippen LogP contribution is 2.25. The zero-order valence-electron chi connectivity index (χ0n) is 10.8. The van der Waals surface area contributed by atoms with Gasteiger partial charge in [0.05, 0.1) is 0 Å². The zero-order valence-corrected chi connectivity index (χ0v) is 10.8. The fourth-order valence-electron chi connectivity index (χ4n) is 2.16. The van der Waals surface area contributed by atoms with Crippen LogP contribution in [0, 0.1) is 5.92 Å². The smallest absolute Gasteiger partial charge is 0.128 e. The van der Waals surface area contributed by atoms with Crippen molar-refractivity contribution in [3.8, 4) is 0 Å². The molecule has 16 heavy (non-hydrogen) atoms. The van der Waals surface area contributed by atoms with Gasteiger partial charge in [0.1, 0.15) is 5.82 Å². The minimum atomic E-state index is 0.198. The summed E-state index contributed by atoms with van der Waals surface area (Å²) in [6.07, 6.45) is 3.32. The van der Waals surface area contributed by atoms with Gasteiger partial charge in [-0.05, 0) is 29.4 Å². The number of rotatable bonds is 1. The van der Waals surface area contributed by atoms with Crippen LogP contribution in [0.4, 0.5) is 5.82 Å². The molecule has 0 N–H and O–H groups in total. The van der Waals surface area contributed by atoms with Crippen molar-refractivity contribution in [2.75, 3.05) is 18.0 Å². The van der Waals surface area contributed by atoms with Crippen molar-refractivity contribution in [3.63, 3.8) is 0 Å².